The zero-order chi connectivity index (χ0) is 22.1. The van der Waals surface area contributed by atoms with Gasteiger partial charge in [0.05, 0.1) is 13.7 Å². The van der Waals surface area contributed by atoms with Crippen molar-refractivity contribution in [2.75, 3.05) is 13.7 Å². The third kappa shape index (κ3) is 4.10. The number of halogens is 1. The minimum Gasteiger partial charge on any atom is -0.494 e. The number of rotatable bonds is 6. The summed E-state index contributed by atoms with van der Waals surface area (Å²) >= 11 is 0. The van der Waals surface area contributed by atoms with Gasteiger partial charge in [-0.1, -0.05) is 12.1 Å². The normalized spacial score (nSPS) is 26.2. The van der Waals surface area contributed by atoms with Crippen molar-refractivity contribution in [3.05, 3.63) is 59.5 Å². The molecule has 0 unspecified atom stereocenters. The minimum absolute atomic E-state index is 0.161. The van der Waals surface area contributed by atoms with Crippen molar-refractivity contribution < 1.29 is 39.0 Å². The highest BCUT2D eigenvalue weighted by molar-refractivity contribution is 5.89. The molecule has 4 rings (SSSR count). The van der Waals surface area contributed by atoms with Crippen LogP contribution >= 0.6 is 0 Å². The van der Waals surface area contributed by atoms with Gasteiger partial charge < -0.3 is 39.6 Å². The van der Waals surface area contributed by atoms with Crippen molar-refractivity contribution in [1.82, 2.24) is 4.98 Å². The second kappa shape index (κ2) is 8.81. The summed E-state index contributed by atoms with van der Waals surface area (Å²) in [5.74, 6) is 0.0685. The summed E-state index contributed by atoms with van der Waals surface area (Å²) in [4.78, 5) is 3.14. The van der Waals surface area contributed by atoms with Gasteiger partial charge in [0.2, 0.25) is 6.29 Å². The Morgan fingerprint density at radius 1 is 1.06 bits per heavy atom. The van der Waals surface area contributed by atoms with Crippen molar-refractivity contribution in [3.8, 4) is 11.5 Å². The van der Waals surface area contributed by atoms with Crippen LogP contribution in [0, 0.1) is 5.82 Å². The molecule has 2 heterocycles. The lowest BCUT2D eigenvalue weighted by Gasteiger charge is -2.39. The lowest BCUT2D eigenvalue weighted by atomic mass is 9.99. The Morgan fingerprint density at radius 3 is 2.58 bits per heavy atom. The van der Waals surface area contributed by atoms with Crippen molar-refractivity contribution in [2.45, 2.75) is 37.1 Å². The molecule has 31 heavy (non-hydrogen) atoms. The standard InChI is InChI=1S/C22H24FNO7/c1-29-15-6-5-11(8-13(15)23)7-12-9-24-14-3-2-4-16(18(12)14)30-22-21(28)20(27)19(26)17(10-25)31-22/h2-6,8-9,17,19-22,24-28H,7,10H2,1H3/t17-,19-,20+,21-,22-/m1/s1. The number of hydrogen-bond donors (Lipinski definition) is 5. The number of aliphatic hydroxyl groups is 4. The van der Waals surface area contributed by atoms with Crippen LogP contribution in [0.25, 0.3) is 10.9 Å². The van der Waals surface area contributed by atoms with Gasteiger partial charge >= 0.3 is 0 Å². The van der Waals surface area contributed by atoms with Crippen LogP contribution in [0.4, 0.5) is 4.39 Å². The Bertz CT molecular complexity index is 1050. The van der Waals surface area contributed by atoms with Crippen LogP contribution in [0.2, 0.25) is 0 Å². The zero-order valence-electron chi connectivity index (χ0n) is 16.7. The van der Waals surface area contributed by atoms with E-state index in [-0.39, 0.29) is 5.75 Å². The van der Waals surface area contributed by atoms with Crippen LogP contribution in [-0.2, 0) is 11.2 Å². The van der Waals surface area contributed by atoms with Gasteiger partial charge in [-0.2, -0.15) is 0 Å². The first kappa shape index (κ1) is 21.5. The number of fused-ring (bicyclic) bond motifs is 1. The fourth-order valence-electron chi connectivity index (χ4n) is 3.79. The van der Waals surface area contributed by atoms with Crippen LogP contribution in [-0.4, -0.2) is 69.8 Å². The SMILES string of the molecule is COc1ccc(Cc2c[nH]c3cccc(O[C@@H]4O[C@H](CO)[C@@H](O)[C@H](O)[C@H]4O)c23)cc1F. The molecule has 1 aliphatic rings. The molecule has 1 aliphatic heterocycles. The largest absolute Gasteiger partial charge is 0.494 e. The monoisotopic (exact) mass is 433 g/mol. The molecule has 166 valence electrons. The molecule has 1 aromatic heterocycles. The van der Waals surface area contributed by atoms with E-state index in [1.807, 2.05) is 6.07 Å². The Kier molecular flexibility index (Phi) is 6.12. The average molecular weight is 433 g/mol. The second-order valence-electron chi connectivity index (χ2n) is 7.45. The zero-order valence-corrected chi connectivity index (χ0v) is 16.7. The number of aromatic amines is 1. The molecule has 2 aromatic carbocycles. The third-order valence-corrected chi connectivity index (χ3v) is 5.45. The quantitative estimate of drug-likeness (QED) is 0.394. The van der Waals surface area contributed by atoms with E-state index in [2.05, 4.69) is 4.98 Å². The van der Waals surface area contributed by atoms with Crippen LogP contribution in [0.1, 0.15) is 11.1 Å². The number of aliphatic hydroxyl groups excluding tert-OH is 4. The van der Waals surface area contributed by atoms with Gasteiger partial charge in [-0.15, -0.1) is 0 Å². The summed E-state index contributed by atoms with van der Waals surface area (Å²) < 4.78 is 30.4. The maximum atomic E-state index is 14.1. The highest BCUT2D eigenvalue weighted by Gasteiger charge is 2.44. The summed E-state index contributed by atoms with van der Waals surface area (Å²) in [7, 11) is 1.40. The van der Waals surface area contributed by atoms with Gasteiger partial charge in [0.15, 0.2) is 11.6 Å². The van der Waals surface area contributed by atoms with E-state index in [1.54, 1.807) is 30.5 Å². The average Bonchev–Trinajstić information content (AvgIpc) is 3.18. The van der Waals surface area contributed by atoms with E-state index in [1.165, 1.54) is 13.2 Å². The molecule has 5 atom stereocenters. The predicted molar refractivity (Wildman–Crippen MR) is 108 cm³/mol. The summed E-state index contributed by atoms with van der Waals surface area (Å²) in [6.45, 7) is -0.548. The number of hydrogen-bond acceptors (Lipinski definition) is 7. The third-order valence-electron chi connectivity index (χ3n) is 5.45. The molecule has 0 radical (unpaired) electrons. The molecule has 0 saturated carbocycles. The fourth-order valence-corrected chi connectivity index (χ4v) is 3.79. The van der Waals surface area contributed by atoms with Crippen molar-refractivity contribution in [2.24, 2.45) is 0 Å². The maximum Gasteiger partial charge on any atom is 0.229 e. The van der Waals surface area contributed by atoms with E-state index in [4.69, 9.17) is 14.2 Å². The van der Waals surface area contributed by atoms with Gasteiger partial charge in [-0.25, -0.2) is 4.39 Å². The summed E-state index contributed by atoms with van der Waals surface area (Å²) in [5.41, 5.74) is 2.30. The number of nitrogens with one attached hydrogen (secondary N) is 1. The molecule has 0 aliphatic carbocycles. The van der Waals surface area contributed by atoms with E-state index in [0.29, 0.717) is 17.6 Å². The second-order valence-corrected chi connectivity index (χ2v) is 7.45. The van der Waals surface area contributed by atoms with Gasteiger partial charge in [0, 0.05) is 17.1 Å². The molecule has 5 N–H and O–H groups in total. The van der Waals surface area contributed by atoms with Gasteiger partial charge in [0.1, 0.15) is 30.2 Å². The molecule has 0 amide bonds. The van der Waals surface area contributed by atoms with Crippen LogP contribution in [0.5, 0.6) is 11.5 Å². The van der Waals surface area contributed by atoms with Gasteiger partial charge in [0.25, 0.3) is 0 Å². The Balaban J connectivity index is 1.63. The maximum absolute atomic E-state index is 14.1. The van der Waals surface area contributed by atoms with E-state index >= 15 is 0 Å². The lowest BCUT2D eigenvalue weighted by Crippen LogP contribution is -2.60. The molecule has 9 heteroatoms. The number of methoxy groups -OCH3 is 1. The minimum atomic E-state index is -1.54. The van der Waals surface area contributed by atoms with Gasteiger partial charge in [-0.3, -0.25) is 0 Å². The highest BCUT2D eigenvalue weighted by atomic mass is 19.1. The summed E-state index contributed by atoms with van der Waals surface area (Å²) in [5, 5.41) is 40.3. The summed E-state index contributed by atoms with van der Waals surface area (Å²) in [6.07, 6.45) is -4.72. The van der Waals surface area contributed by atoms with Crippen LogP contribution in [0.3, 0.4) is 0 Å². The van der Waals surface area contributed by atoms with Crippen LogP contribution < -0.4 is 9.47 Å². The predicted octanol–water partition coefficient (Wildman–Crippen LogP) is 1.09. The molecule has 0 bridgehead atoms. The van der Waals surface area contributed by atoms with E-state index in [9.17, 15) is 24.8 Å². The Hall–Kier alpha value is -2.69. The number of ether oxygens (including phenoxy) is 3. The first-order chi connectivity index (χ1) is 14.9. The molecular weight excluding hydrogens is 409 g/mol. The fraction of sp³-hybridized carbons (Fsp3) is 0.364. The molecule has 8 nitrogen and oxygen atoms in total. The molecular formula is C22H24FNO7. The smallest absolute Gasteiger partial charge is 0.229 e. The molecule has 1 fully saturated rings. The van der Waals surface area contributed by atoms with Crippen molar-refractivity contribution in [1.29, 1.82) is 0 Å². The lowest BCUT2D eigenvalue weighted by molar-refractivity contribution is -0.277. The van der Waals surface area contributed by atoms with E-state index < -0.39 is 43.1 Å². The number of aromatic nitrogens is 1. The van der Waals surface area contributed by atoms with Crippen LogP contribution in [0.15, 0.2) is 42.6 Å². The van der Waals surface area contributed by atoms with Crippen molar-refractivity contribution >= 4 is 10.9 Å². The Morgan fingerprint density at radius 2 is 1.87 bits per heavy atom. The topological polar surface area (TPSA) is 124 Å². The van der Waals surface area contributed by atoms with Gasteiger partial charge in [-0.05, 0) is 41.8 Å². The summed E-state index contributed by atoms with van der Waals surface area (Å²) in [6, 6.07) is 9.99. The molecule has 3 aromatic rings. The molecule has 1 saturated heterocycles. The first-order valence-electron chi connectivity index (χ1n) is 9.81. The Labute approximate surface area is 177 Å². The number of H-pyrrole nitrogens is 1. The first-order valence-corrected chi connectivity index (χ1v) is 9.81. The highest BCUT2D eigenvalue weighted by Crippen LogP contribution is 2.33. The van der Waals surface area contributed by atoms with Crippen molar-refractivity contribution in [3.63, 3.8) is 0 Å². The number of benzene rings is 2. The van der Waals surface area contributed by atoms with E-state index in [0.717, 1.165) is 16.6 Å². The molecule has 0 spiro atoms.